The lowest BCUT2D eigenvalue weighted by Crippen LogP contribution is -2.39. The van der Waals surface area contributed by atoms with E-state index in [9.17, 15) is 0 Å². The van der Waals surface area contributed by atoms with Gasteiger partial charge in [-0.25, -0.2) is 15.0 Å². The van der Waals surface area contributed by atoms with E-state index in [2.05, 4.69) is 60.8 Å². The Kier molecular flexibility index (Phi) is 6.76. The molecule has 0 amide bonds. The first-order chi connectivity index (χ1) is 15.4. The molecule has 0 radical (unpaired) electrons. The minimum Gasteiger partial charge on any atom is -0.379 e. The summed E-state index contributed by atoms with van der Waals surface area (Å²) < 4.78 is 7.86. The topological polar surface area (TPSA) is 68.1 Å². The third-order valence-corrected chi connectivity index (χ3v) is 6.44. The van der Waals surface area contributed by atoms with Crippen molar-refractivity contribution in [1.82, 2.24) is 24.4 Å². The van der Waals surface area contributed by atoms with E-state index in [0.717, 1.165) is 84.5 Å². The molecule has 0 spiro atoms. The van der Waals surface area contributed by atoms with Crippen molar-refractivity contribution in [3.63, 3.8) is 0 Å². The fourth-order valence-corrected chi connectivity index (χ4v) is 4.49. The van der Waals surface area contributed by atoms with E-state index in [1.165, 1.54) is 0 Å². The fourth-order valence-electron chi connectivity index (χ4n) is 4.49. The van der Waals surface area contributed by atoms with Gasteiger partial charge in [-0.2, -0.15) is 0 Å². The molecule has 4 heterocycles. The van der Waals surface area contributed by atoms with Gasteiger partial charge in [0.15, 0.2) is 5.65 Å². The Morgan fingerprint density at radius 1 is 1.09 bits per heavy atom. The average molecular weight is 437 g/mol. The molecule has 0 bridgehead atoms. The monoisotopic (exact) mass is 436 g/mol. The molecule has 0 saturated carbocycles. The maximum Gasteiger partial charge on any atom is 0.159 e. The molecule has 32 heavy (non-hydrogen) atoms. The average Bonchev–Trinajstić information content (AvgIpc) is 3.12. The maximum absolute atomic E-state index is 5.52. The number of morpholine rings is 1. The Morgan fingerprint density at radius 3 is 2.50 bits per heavy atom. The van der Waals surface area contributed by atoms with Crippen LogP contribution in [0.4, 0.5) is 5.82 Å². The van der Waals surface area contributed by atoms with Crippen molar-refractivity contribution in [2.45, 2.75) is 53.0 Å². The number of hydrogen-bond acceptors (Lipinski definition) is 6. The highest BCUT2D eigenvalue weighted by Gasteiger charge is 2.22. The highest BCUT2D eigenvalue weighted by atomic mass is 16.5. The SMILES string of the molecule is CCC(CN1CCOCC1)n1cc(C)c2nc(-c3ccc(C(C)C)nc3NC)c(C)nc21. The number of nitrogens with zero attached hydrogens (tertiary/aromatic N) is 5. The summed E-state index contributed by atoms with van der Waals surface area (Å²) in [6.45, 7) is 15.4. The number of nitrogens with one attached hydrogen (secondary N) is 1. The standard InChI is InChI=1S/C25H36N6O/c1-7-19(15-30-10-12-32-13-11-30)31-14-17(4)22-25(31)27-18(5)23(29-22)20-8-9-21(16(2)3)28-24(20)26-6/h8-9,14,16,19H,7,10-13,15H2,1-6H3,(H,26,28). The number of ether oxygens (including phenoxy) is 1. The van der Waals surface area contributed by atoms with Crippen molar-refractivity contribution < 1.29 is 4.74 Å². The molecule has 1 atom stereocenters. The predicted octanol–water partition coefficient (Wildman–Crippen LogP) is 4.56. The number of rotatable bonds is 7. The van der Waals surface area contributed by atoms with Crippen LogP contribution in [0.25, 0.3) is 22.4 Å². The molecule has 1 unspecified atom stereocenters. The van der Waals surface area contributed by atoms with Crippen LogP contribution in [-0.4, -0.2) is 64.3 Å². The Balaban J connectivity index is 1.74. The van der Waals surface area contributed by atoms with Crippen molar-refractivity contribution in [2.24, 2.45) is 0 Å². The third-order valence-electron chi connectivity index (χ3n) is 6.44. The highest BCUT2D eigenvalue weighted by Crippen LogP contribution is 2.32. The van der Waals surface area contributed by atoms with Crippen LogP contribution in [-0.2, 0) is 4.74 Å². The van der Waals surface area contributed by atoms with E-state index in [4.69, 9.17) is 19.7 Å². The lowest BCUT2D eigenvalue weighted by molar-refractivity contribution is 0.0314. The van der Waals surface area contributed by atoms with Gasteiger partial charge in [-0.15, -0.1) is 0 Å². The first-order valence-electron chi connectivity index (χ1n) is 11.8. The highest BCUT2D eigenvalue weighted by molar-refractivity contribution is 5.82. The summed E-state index contributed by atoms with van der Waals surface area (Å²) in [5, 5.41) is 3.26. The van der Waals surface area contributed by atoms with E-state index >= 15 is 0 Å². The molecule has 3 aromatic rings. The summed E-state index contributed by atoms with van der Waals surface area (Å²) in [6, 6.07) is 4.58. The Bertz CT molecular complexity index is 1080. The van der Waals surface area contributed by atoms with Gasteiger partial charge in [0.1, 0.15) is 11.3 Å². The molecule has 4 rings (SSSR count). The van der Waals surface area contributed by atoms with Gasteiger partial charge in [-0.3, -0.25) is 4.90 Å². The second-order valence-corrected chi connectivity index (χ2v) is 9.06. The van der Waals surface area contributed by atoms with E-state index in [1.54, 1.807) is 0 Å². The van der Waals surface area contributed by atoms with Gasteiger partial charge in [0.2, 0.25) is 0 Å². The Morgan fingerprint density at radius 2 is 1.84 bits per heavy atom. The zero-order valence-corrected chi connectivity index (χ0v) is 20.3. The number of fused-ring (bicyclic) bond motifs is 1. The molecule has 0 aromatic carbocycles. The molecule has 1 aliphatic rings. The summed E-state index contributed by atoms with van der Waals surface area (Å²) in [4.78, 5) is 17.5. The van der Waals surface area contributed by atoms with Gasteiger partial charge in [0, 0.05) is 50.2 Å². The number of aryl methyl sites for hydroxylation is 2. The Hall–Kier alpha value is -2.51. The van der Waals surface area contributed by atoms with Crippen LogP contribution in [0.5, 0.6) is 0 Å². The molecule has 0 aliphatic carbocycles. The maximum atomic E-state index is 5.52. The van der Waals surface area contributed by atoms with Crippen LogP contribution in [0.3, 0.4) is 0 Å². The number of pyridine rings is 1. The summed E-state index contributed by atoms with van der Waals surface area (Å²) in [5.74, 6) is 1.23. The second-order valence-electron chi connectivity index (χ2n) is 9.06. The predicted molar refractivity (Wildman–Crippen MR) is 130 cm³/mol. The number of hydrogen-bond donors (Lipinski definition) is 1. The molecule has 7 heteroatoms. The summed E-state index contributed by atoms with van der Waals surface area (Å²) in [5.41, 5.74) is 6.99. The molecule has 172 valence electrons. The molecule has 1 N–H and O–H groups in total. The van der Waals surface area contributed by atoms with E-state index < -0.39 is 0 Å². The van der Waals surface area contributed by atoms with Gasteiger partial charge in [-0.05, 0) is 43.9 Å². The molecular formula is C25H36N6O. The molecule has 1 saturated heterocycles. The van der Waals surface area contributed by atoms with Gasteiger partial charge in [0.25, 0.3) is 0 Å². The lowest BCUT2D eigenvalue weighted by Gasteiger charge is -2.31. The number of anilines is 1. The molecule has 1 aliphatic heterocycles. The first-order valence-corrected chi connectivity index (χ1v) is 11.8. The molecule has 1 fully saturated rings. The van der Waals surface area contributed by atoms with Gasteiger partial charge >= 0.3 is 0 Å². The largest absolute Gasteiger partial charge is 0.379 e. The van der Waals surface area contributed by atoms with Crippen LogP contribution < -0.4 is 5.32 Å². The van der Waals surface area contributed by atoms with Crippen molar-refractivity contribution >= 4 is 17.0 Å². The summed E-state index contributed by atoms with van der Waals surface area (Å²) >= 11 is 0. The van der Waals surface area contributed by atoms with Crippen LogP contribution in [0, 0.1) is 13.8 Å². The van der Waals surface area contributed by atoms with Crippen LogP contribution in [0.1, 0.15) is 56.1 Å². The summed E-state index contributed by atoms with van der Waals surface area (Å²) in [7, 11) is 1.91. The molecule has 3 aromatic heterocycles. The minimum absolute atomic E-state index is 0.365. The van der Waals surface area contributed by atoms with E-state index in [-0.39, 0.29) is 0 Å². The molecule has 7 nitrogen and oxygen atoms in total. The van der Waals surface area contributed by atoms with Gasteiger partial charge < -0.3 is 14.6 Å². The lowest BCUT2D eigenvalue weighted by atomic mass is 10.1. The van der Waals surface area contributed by atoms with Crippen molar-refractivity contribution in [2.75, 3.05) is 45.2 Å². The Labute approximate surface area is 191 Å². The first kappa shape index (κ1) is 22.7. The summed E-state index contributed by atoms with van der Waals surface area (Å²) in [6.07, 6.45) is 3.27. The van der Waals surface area contributed by atoms with E-state index in [1.807, 2.05) is 14.0 Å². The smallest absolute Gasteiger partial charge is 0.159 e. The van der Waals surface area contributed by atoms with Crippen molar-refractivity contribution in [3.05, 3.63) is 35.3 Å². The van der Waals surface area contributed by atoms with Crippen LogP contribution >= 0.6 is 0 Å². The second kappa shape index (κ2) is 9.55. The zero-order chi connectivity index (χ0) is 22.8. The van der Waals surface area contributed by atoms with Crippen molar-refractivity contribution in [1.29, 1.82) is 0 Å². The zero-order valence-electron chi connectivity index (χ0n) is 20.3. The van der Waals surface area contributed by atoms with Gasteiger partial charge in [0.05, 0.1) is 24.6 Å². The quantitative estimate of drug-likeness (QED) is 0.586. The minimum atomic E-state index is 0.365. The van der Waals surface area contributed by atoms with Crippen LogP contribution in [0.2, 0.25) is 0 Å². The van der Waals surface area contributed by atoms with Gasteiger partial charge in [-0.1, -0.05) is 20.8 Å². The van der Waals surface area contributed by atoms with Crippen LogP contribution in [0.15, 0.2) is 18.3 Å². The van der Waals surface area contributed by atoms with E-state index in [0.29, 0.717) is 12.0 Å². The number of aromatic nitrogens is 4. The molecular weight excluding hydrogens is 400 g/mol. The normalized spacial score (nSPS) is 16.1. The third kappa shape index (κ3) is 4.36. The fraction of sp³-hybridized carbons (Fsp3) is 0.560. The van der Waals surface area contributed by atoms with Crippen molar-refractivity contribution in [3.8, 4) is 11.3 Å².